The Labute approximate surface area is 841 Å². The van der Waals surface area contributed by atoms with Gasteiger partial charge in [-0.2, -0.15) is 0 Å². The fraction of sp³-hybridized carbons (Fsp3) is 0.231. The molecule has 0 spiro atoms. The molecule has 13 aromatic carbocycles. The van der Waals surface area contributed by atoms with Crippen molar-refractivity contribution in [2.75, 3.05) is 34.1 Å². The largest absolute Gasteiger partial charge is 0.507 e. The van der Waals surface area contributed by atoms with E-state index in [9.17, 15) is 40.7 Å². The Hall–Kier alpha value is -10.8. The van der Waals surface area contributed by atoms with E-state index in [-0.39, 0.29) is 81.9 Å². The van der Waals surface area contributed by atoms with Crippen molar-refractivity contribution in [2.45, 2.75) is 139 Å². The van der Waals surface area contributed by atoms with Crippen molar-refractivity contribution in [3.05, 3.63) is 418 Å². The van der Waals surface area contributed by atoms with Crippen molar-refractivity contribution in [1.29, 1.82) is 0 Å². The van der Waals surface area contributed by atoms with Crippen LogP contribution in [0.15, 0.2) is 332 Å². The Morgan fingerprint density at radius 3 is 1.48 bits per heavy atom. The van der Waals surface area contributed by atoms with E-state index in [0.29, 0.717) is 58.3 Å². The first kappa shape index (κ1) is 107. The number of aldehydes is 1. The summed E-state index contributed by atoms with van der Waals surface area (Å²) in [6, 6.07) is 85.7. The quantitative estimate of drug-likeness (QED) is 0.0100. The number of nitrogen functional groups attached to an aromatic ring is 1. The van der Waals surface area contributed by atoms with Crippen molar-refractivity contribution in [3.63, 3.8) is 0 Å². The number of benzene rings is 13. The Kier molecular flexibility index (Phi) is 38.6. The minimum atomic E-state index is -2.42. The number of carbonyl (C=O) groups excluding carboxylic acids is 4. The predicted molar refractivity (Wildman–Crippen MR) is 558 cm³/mol. The number of β-lactam (4-membered cyclic amide) rings is 1. The Bertz CT molecular complexity index is 6180. The summed E-state index contributed by atoms with van der Waals surface area (Å²) in [5.41, 5.74) is 16.1. The number of rotatable bonds is 29. The lowest BCUT2D eigenvalue weighted by molar-refractivity contribution is -0.129. The number of thioether (sulfide) groups is 2. The molecule has 15 nitrogen and oxygen atoms in total. The van der Waals surface area contributed by atoms with Gasteiger partial charge in [-0.25, -0.2) is 36.0 Å². The summed E-state index contributed by atoms with van der Waals surface area (Å²) in [4.78, 5) is 60.3. The van der Waals surface area contributed by atoms with Gasteiger partial charge in [0.05, 0.1) is 35.5 Å². The van der Waals surface area contributed by atoms with Gasteiger partial charge < -0.3 is 44.1 Å². The Morgan fingerprint density at radius 1 is 0.547 bits per heavy atom. The van der Waals surface area contributed by atoms with Crippen LogP contribution >= 0.6 is 87.2 Å². The zero-order chi connectivity index (χ0) is 98.9. The van der Waals surface area contributed by atoms with Crippen LogP contribution < -0.4 is 25.4 Å². The van der Waals surface area contributed by atoms with E-state index in [1.807, 2.05) is 153 Å². The minimum absolute atomic E-state index is 0.00155. The number of amides is 3. The summed E-state index contributed by atoms with van der Waals surface area (Å²) in [7, 11) is -4.64. The number of halogens is 10. The topological polar surface area (TPSA) is 192 Å². The number of ether oxygens (including phenoxy) is 3. The molecule has 2 aliphatic heterocycles. The molecule has 2 fully saturated rings. The molecule has 2 saturated heterocycles. The second-order valence-corrected chi connectivity index (χ2v) is 50.9. The lowest BCUT2D eigenvalue weighted by Gasteiger charge is -2.48. The summed E-state index contributed by atoms with van der Waals surface area (Å²) in [6.07, 6.45) is 0.788. The summed E-state index contributed by atoms with van der Waals surface area (Å²) >= 11 is 16.6. The first-order chi connectivity index (χ1) is 65.2. The highest BCUT2D eigenvalue weighted by Crippen LogP contribution is 2.52. The second kappa shape index (κ2) is 49.6. The fourth-order valence-electron chi connectivity index (χ4n) is 13.9. The van der Waals surface area contributed by atoms with Crippen LogP contribution in [0.3, 0.4) is 0 Å². The Morgan fingerprint density at radius 2 is 0.985 bits per heavy atom. The number of phenols is 1. The number of hydrogen-bond donors (Lipinski definition) is 3. The van der Waals surface area contributed by atoms with Crippen molar-refractivity contribution < 1.29 is 73.7 Å². The summed E-state index contributed by atoms with van der Waals surface area (Å²) in [5.74, 6) is -0.570. The van der Waals surface area contributed by atoms with Crippen molar-refractivity contribution >= 4 is 157 Å². The predicted octanol–water partition coefficient (Wildman–Crippen LogP) is 30.3. The van der Waals surface area contributed by atoms with Crippen molar-refractivity contribution in [3.8, 4) is 17.2 Å². The highest BCUT2D eigenvalue weighted by atomic mass is 79.9. The van der Waals surface area contributed by atoms with Crippen molar-refractivity contribution in [2.24, 2.45) is 4.99 Å². The average molecular weight is 2190 g/mol. The molecule has 3 amide bonds. The molecular formula is C108H107Br4F6N5O10S2Si2. The average Bonchev–Trinajstić information content (AvgIpc) is 1.34. The van der Waals surface area contributed by atoms with E-state index < -0.39 is 63.1 Å². The van der Waals surface area contributed by atoms with E-state index in [1.54, 1.807) is 83.9 Å². The molecule has 15 rings (SSSR count). The van der Waals surface area contributed by atoms with Crippen LogP contribution in [0.4, 0.5) is 53.9 Å². The van der Waals surface area contributed by atoms with Gasteiger partial charge in [-0.1, -0.05) is 239 Å². The lowest BCUT2D eigenvalue weighted by Crippen LogP contribution is -2.58. The van der Waals surface area contributed by atoms with Crippen LogP contribution in [-0.2, 0) is 36.4 Å². The minimum Gasteiger partial charge on any atom is -0.507 e. The summed E-state index contributed by atoms with van der Waals surface area (Å²) in [5, 5.41) is 10.9. The number of aromatic hydroxyl groups is 1. The zero-order valence-electron chi connectivity index (χ0n) is 77.3. The maximum Gasteiger partial charge on any atom is 0.417 e. The summed E-state index contributed by atoms with van der Waals surface area (Å²) in [6.45, 7) is 24.3. The number of imide groups is 1. The van der Waals surface area contributed by atoms with Crippen LogP contribution in [0.25, 0.3) is 0 Å². The van der Waals surface area contributed by atoms with Gasteiger partial charge in [0.1, 0.15) is 88.5 Å². The van der Waals surface area contributed by atoms with Crippen LogP contribution in [0.1, 0.15) is 132 Å². The molecule has 714 valence electrons. The number of phenolic OH excluding ortho intramolecular Hbond substituents is 1. The number of aryl methyl sites for hydroxylation is 1. The number of nitrogens with one attached hydrogen (secondary N) is 1. The number of nitrogens with zero attached hydrogens (tertiary/aromatic N) is 3. The van der Waals surface area contributed by atoms with E-state index in [4.69, 9.17) is 33.9 Å². The van der Waals surface area contributed by atoms with Gasteiger partial charge in [0.15, 0.2) is 22.9 Å². The van der Waals surface area contributed by atoms with Gasteiger partial charge in [-0.15, -0.1) is 23.5 Å². The maximum absolute atomic E-state index is 15.4. The fourth-order valence-corrected chi connectivity index (χ4v) is 20.8. The zero-order valence-corrected chi connectivity index (χ0v) is 87.3. The molecule has 13 aromatic rings. The SMILES string of the molecule is CC(C)(C)[Si](C)(C)O[C@@H](CS[C@@H](C(=O)N1C(=O)OC[C@@H]1c1ccccc1)[C@H](Nc1ccc(F)cc1)c1ccc(Br)cc1OCc1ccccc1)c1ccc(F)cc1.CC(C)(C)[Si](C)(C)O[C@@H](CS[C@H]1C(=O)N(c2ccc(F)cc2)[C@@H]1c1ccc(Br)cc1OCc1ccccc1)c1ccc(F)cc1.Cc1cc(Br)ccc1C=Nc1ccc(F)cc1.Nc1ccc(F)cc1.O=Cc1ccc(Br)cc1O. The molecule has 0 aromatic heterocycles. The van der Waals surface area contributed by atoms with E-state index in [2.05, 4.69) is 142 Å². The normalized spacial score (nSPS) is 15.1. The van der Waals surface area contributed by atoms with Gasteiger partial charge in [0.25, 0.3) is 0 Å². The standard InChI is InChI=1S/C45H47BrF2N2O5SSi.C36H38BrF2NO3SSi.C14H11BrFN.C7H5BrO2.C6H6FN/c1-45(2,3)57(4,5)55-40(32-16-19-34(47)20-17-32)29-56-42(43(51)50-38(28-54-44(50)52)31-14-10-7-11-15-31)41(49-36-23-21-35(48)22-24-36)37-25-18-33(46)26-39(37)53-27-30-12-8-6-9-13-30;1-36(2,3)45(4,5)43-32(25-11-14-27(38)15-12-25)23-44-34-33(40(35(34)41)29-18-16-28(39)17-19-29)30-20-13-26(37)21-31(30)42-22-24-9-7-6-8-10-24;1-10-8-12(15)3-2-11(10)9-17-14-6-4-13(16)5-7-14;8-6-2-1-5(4-9)7(10)3-6;7-5-1-3-6(8)4-2-5/h6-26,38,40-42,49H,27-29H2,1-5H3;6-21,32-34H,22-23H2,1-5H3;2-9H,1H3;1-4,10H;1-4H,8H2/t38-,40+,41-,42-;32-,33+,34+;;;/m10.../s1. The molecule has 0 bridgehead atoms. The first-order valence-electron chi connectivity index (χ1n) is 43.9. The molecule has 137 heavy (non-hydrogen) atoms. The molecule has 0 saturated carbocycles. The number of aliphatic imine (C=N–C) groups is 1. The monoisotopic (exact) mass is 2180 g/mol. The Balaban J connectivity index is 0.000000196. The smallest absolute Gasteiger partial charge is 0.417 e. The van der Waals surface area contributed by atoms with Gasteiger partial charge in [0.2, 0.25) is 11.8 Å². The summed E-state index contributed by atoms with van der Waals surface area (Å²) < 4.78 is 117. The van der Waals surface area contributed by atoms with Gasteiger partial charge >= 0.3 is 6.09 Å². The first-order valence-corrected chi connectivity index (χ1v) is 55.0. The van der Waals surface area contributed by atoms with E-state index in [0.717, 1.165) is 68.1 Å². The van der Waals surface area contributed by atoms with Crippen LogP contribution in [0.2, 0.25) is 36.3 Å². The number of anilines is 3. The third-order valence-corrected chi connectivity index (χ3v) is 37.0. The number of carbonyl (C=O) groups is 4. The second-order valence-electron chi connectivity index (χ2n) is 35.3. The van der Waals surface area contributed by atoms with Gasteiger partial charge in [-0.3, -0.25) is 19.4 Å². The van der Waals surface area contributed by atoms with Crippen LogP contribution in [-0.4, -0.2) is 85.7 Å². The van der Waals surface area contributed by atoms with Gasteiger partial charge in [0, 0.05) is 63.8 Å². The molecule has 0 aliphatic carbocycles. The third-order valence-electron chi connectivity index (χ3n) is 23.5. The molecule has 2 heterocycles. The van der Waals surface area contributed by atoms with Crippen LogP contribution in [0, 0.1) is 41.8 Å². The molecule has 4 N–H and O–H groups in total. The van der Waals surface area contributed by atoms with Gasteiger partial charge in [-0.05, 0) is 258 Å². The van der Waals surface area contributed by atoms with Crippen LogP contribution in [0.5, 0.6) is 17.2 Å². The molecule has 29 heteroatoms. The molecule has 0 unspecified atom stereocenters. The molecule has 7 atom stereocenters. The van der Waals surface area contributed by atoms with E-state index >= 15 is 4.79 Å². The van der Waals surface area contributed by atoms with E-state index in [1.165, 1.54) is 119 Å². The highest BCUT2D eigenvalue weighted by Gasteiger charge is 2.52. The highest BCUT2D eigenvalue weighted by molar-refractivity contribution is 9.11. The number of hydrogen-bond acceptors (Lipinski definition) is 15. The maximum atomic E-state index is 15.4. The molecular weight excluding hydrogens is 2080 g/mol. The lowest BCUT2D eigenvalue weighted by atomic mass is 9.91. The molecule has 2 aliphatic rings. The molecule has 0 radical (unpaired) electrons. The third kappa shape index (κ3) is 30.6. The number of cyclic esters (lactones) is 1. The van der Waals surface area contributed by atoms with Crippen molar-refractivity contribution in [1.82, 2.24) is 4.90 Å². The number of nitrogens with two attached hydrogens (primary N) is 1.